The number of methoxy groups -OCH3 is 1. The van der Waals surface area contributed by atoms with Crippen LogP contribution in [0.15, 0.2) is 48.5 Å². The van der Waals surface area contributed by atoms with E-state index >= 15 is 0 Å². The third-order valence-corrected chi connectivity index (χ3v) is 6.64. The topological polar surface area (TPSA) is 30.9 Å². The van der Waals surface area contributed by atoms with Gasteiger partial charge in [-0.1, -0.05) is 19.3 Å². The van der Waals surface area contributed by atoms with Crippen molar-refractivity contribution in [3.05, 3.63) is 48.5 Å². The average Bonchev–Trinajstić information content (AvgIpc) is 2.75. The van der Waals surface area contributed by atoms with Crippen molar-refractivity contribution in [1.82, 2.24) is 0 Å². The average molecular weight is 450 g/mol. The van der Waals surface area contributed by atoms with Gasteiger partial charge in [0.2, 0.25) is 0 Å². The van der Waals surface area contributed by atoms with E-state index in [0.29, 0.717) is 24.3 Å². The zero-order chi connectivity index (χ0) is 22.6. The van der Waals surface area contributed by atoms with E-state index in [1.165, 1.54) is 49.2 Å². The zero-order valence-corrected chi connectivity index (χ0v) is 18.3. The molecule has 4 nitrogen and oxygen atoms in total. The molecule has 2 aromatic carbocycles. The van der Waals surface area contributed by atoms with Crippen molar-refractivity contribution in [2.75, 3.05) is 25.2 Å². The minimum atomic E-state index is -4.69. The van der Waals surface area contributed by atoms with E-state index in [2.05, 4.69) is 21.8 Å². The fourth-order valence-corrected chi connectivity index (χ4v) is 4.76. The van der Waals surface area contributed by atoms with Gasteiger partial charge >= 0.3 is 6.36 Å². The van der Waals surface area contributed by atoms with E-state index in [4.69, 9.17) is 9.47 Å². The molecule has 2 unspecified atom stereocenters. The monoisotopic (exact) mass is 449 g/mol. The highest BCUT2D eigenvalue weighted by Gasteiger charge is 2.35. The van der Waals surface area contributed by atoms with Gasteiger partial charge in [-0.05, 0) is 73.7 Å². The van der Waals surface area contributed by atoms with Gasteiger partial charge in [-0.2, -0.15) is 0 Å². The lowest BCUT2D eigenvalue weighted by molar-refractivity contribution is -0.274. The molecule has 0 aromatic heterocycles. The molecule has 2 aliphatic rings. The Hall–Kier alpha value is -2.57. The molecule has 2 atom stereocenters. The molecule has 174 valence electrons. The fourth-order valence-electron chi connectivity index (χ4n) is 4.76. The second-order valence-electron chi connectivity index (χ2n) is 8.72. The Balaban J connectivity index is 1.43. The predicted molar refractivity (Wildman–Crippen MR) is 117 cm³/mol. The first kappa shape index (κ1) is 22.6. The van der Waals surface area contributed by atoms with Crippen LogP contribution < -0.4 is 19.1 Å². The van der Waals surface area contributed by atoms with Crippen LogP contribution in [-0.4, -0.2) is 32.7 Å². The van der Waals surface area contributed by atoms with E-state index in [9.17, 15) is 13.2 Å². The van der Waals surface area contributed by atoms with Gasteiger partial charge in [0.25, 0.3) is 0 Å². The van der Waals surface area contributed by atoms with Crippen LogP contribution in [0.2, 0.25) is 0 Å². The molecule has 1 heterocycles. The first-order chi connectivity index (χ1) is 15.4. The third kappa shape index (κ3) is 5.81. The van der Waals surface area contributed by atoms with Crippen LogP contribution in [0.5, 0.6) is 17.2 Å². The summed E-state index contributed by atoms with van der Waals surface area (Å²) in [5.41, 5.74) is 1.20. The molecule has 1 saturated carbocycles. The maximum absolute atomic E-state index is 12.4. The van der Waals surface area contributed by atoms with Gasteiger partial charge in [0.1, 0.15) is 17.2 Å². The van der Waals surface area contributed by atoms with Crippen molar-refractivity contribution in [1.29, 1.82) is 0 Å². The second-order valence-corrected chi connectivity index (χ2v) is 8.72. The van der Waals surface area contributed by atoms with Crippen molar-refractivity contribution >= 4 is 5.69 Å². The Labute approximate surface area is 187 Å². The van der Waals surface area contributed by atoms with Gasteiger partial charge in [-0.3, -0.25) is 0 Å². The van der Waals surface area contributed by atoms with E-state index in [1.54, 1.807) is 7.11 Å². The van der Waals surface area contributed by atoms with E-state index in [1.807, 2.05) is 12.1 Å². The molecule has 0 amide bonds. The first-order valence-corrected chi connectivity index (χ1v) is 11.3. The standard InChI is InChI=1S/C25H30F3NO3/c1-30-21-9-7-20(8-10-21)29-15-3-6-19(24(29)16-18-4-2-5-18)17-31-22-11-13-23(14-12-22)32-25(26,27)28/h7-14,18-19,24H,2-6,15-17H2,1H3. The number of anilines is 1. The van der Waals surface area contributed by atoms with Crippen LogP contribution in [0.1, 0.15) is 38.5 Å². The number of ether oxygens (including phenoxy) is 3. The summed E-state index contributed by atoms with van der Waals surface area (Å²) >= 11 is 0. The summed E-state index contributed by atoms with van der Waals surface area (Å²) in [5, 5.41) is 0. The molecule has 1 saturated heterocycles. The number of halogens is 3. The summed E-state index contributed by atoms with van der Waals surface area (Å²) in [7, 11) is 1.67. The Kier molecular flexibility index (Phi) is 7.01. The van der Waals surface area contributed by atoms with Gasteiger partial charge in [-0.25, -0.2) is 0 Å². The van der Waals surface area contributed by atoms with Crippen molar-refractivity contribution in [2.24, 2.45) is 11.8 Å². The zero-order valence-electron chi connectivity index (χ0n) is 18.3. The highest BCUT2D eigenvalue weighted by Crippen LogP contribution is 2.39. The van der Waals surface area contributed by atoms with Gasteiger partial charge in [0.15, 0.2) is 0 Å². The molecule has 0 N–H and O–H groups in total. The number of hydrogen-bond acceptors (Lipinski definition) is 4. The number of rotatable bonds is 8. The molecular formula is C25H30F3NO3. The Bertz CT molecular complexity index is 850. The quantitative estimate of drug-likeness (QED) is 0.464. The second kappa shape index (κ2) is 9.92. The van der Waals surface area contributed by atoms with Crippen LogP contribution in [0.25, 0.3) is 0 Å². The summed E-state index contributed by atoms with van der Waals surface area (Å²) in [6, 6.07) is 14.3. The normalized spacial score (nSPS) is 21.7. The number of benzene rings is 2. The highest BCUT2D eigenvalue weighted by atomic mass is 19.4. The van der Waals surface area contributed by atoms with Gasteiger partial charge in [-0.15, -0.1) is 13.2 Å². The molecule has 2 fully saturated rings. The minimum absolute atomic E-state index is 0.240. The lowest BCUT2D eigenvalue weighted by Crippen LogP contribution is -2.48. The molecule has 0 bridgehead atoms. The number of alkyl halides is 3. The molecular weight excluding hydrogens is 419 g/mol. The Morgan fingerprint density at radius 2 is 1.53 bits per heavy atom. The smallest absolute Gasteiger partial charge is 0.497 e. The lowest BCUT2D eigenvalue weighted by Gasteiger charge is -2.45. The minimum Gasteiger partial charge on any atom is -0.497 e. The maximum Gasteiger partial charge on any atom is 0.573 e. The number of hydrogen-bond donors (Lipinski definition) is 0. The predicted octanol–water partition coefficient (Wildman–Crippen LogP) is 6.45. The highest BCUT2D eigenvalue weighted by molar-refractivity contribution is 5.50. The molecule has 0 radical (unpaired) electrons. The molecule has 4 rings (SSSR count). The van der Waals surface area contributed by atoms with Gasteiger partial charge < -0.3 is 19.1 Å². The van der Waals surface area contributed by atoms with Crippen LogP contribution in [0.3, 0.4) is 0 Å². The first-order valence-electron chi connectivity index (χ1n) is 11.3. The van der Waals surface area contributed by atoms with Crippen molar-refractivity contribution in [3.63, 3.8) is 0 Å². The van der Waals surface area contributed by atoms with E-state index in [-0.39, 0.29) is 5.75 Å². The Morgan fingerprint density at radius 3 is 2.12 bits per heavy atom. The Morgan fingerprint density at radius 1 is 0.875 bits per heavy atom. The summed E-state index contributed by atoms with van der Waals surface area (Å²) < 4.78 is 52.4. The summed E-state index contributed by atoms with van der Waals surface area (Å²) in [5.74, 6) is 2.29. The van der Waals surface area contributed by atoms with Crippen molar-refractivity contribution in [2.45, 2.75) is 50.9 Å². The lowest BCUT2D eigenvalue weighted by atomic mass is 9.76. The van der Waals surface area contributed by atoms with Crippen molar-refractivity contribution < 1.29 is 27.4 Å². The summed E-state index contributed by atoms with van der Waals surface area (Å²) in [4.78, 5) is 2.51. The molecule has 32 heavy (non-hydrogen) atoms. The number of nitrogens with zero attached hydrogens (tertiary/aromatic N) is 1. The number of piperidine rings is 1. The van der Waals surface area contributed by atoms with E-state index < -0.39 is 6.36 Å². The molecule has 0 spiro atoms. The van der Waals surface area contributed by atoms with Gasteiger partial charge in [0.05, 0.1) is 13.7 Å². The van der Waals surface area contributed by atoms with Crippen LogP contribution in [0.4, 0.5) is 18.9 Å². The van der Waals surface area contributed by atoms with Crippen molar-refractivity contribution in [3.8, 4) is 17.2 Å². The third-order valence-electron chi connectivity index (χ3n) is 6.64. The largest absolute Gasteiger partial charge is 0.573 e. The molecule has 1 aliphatic heterocycles. The van der Waals surface area contributed by atoms with Crippen LogP contribution in [0, 0.1) is 11.8 Å². The fraction of sp³-hybridized carbons (Fsp3) is 0.520. The van der Waals surface area contributed by atoms with Crippen LogP contribution >= 0.6 is 0 Å². The van der Waals surface area contributed by atoms with Crippen LogP contribution in [-0.2, 0) is 0 Å². The van der Waals surface area contributed by atoms with E-state index in [0.717, 1.165) is 37.5 Å². The molecule has 7 heteroatoms. The summed E-state index contributed by atoms with van der Waals surface area (Å²) in [6.07, 6.45) is 2.53. The molecule has 2 aromatic rings. The SMILES string of the molecule is COc1ccc(N2CCCC(COc3ccc(OC(F)(F)F)cc3)C2CC2CCC2)cc1. The van der Waals surface area contributed by atoms with Gasteiger partial charge in [0, 0.05) is 24.2 Å². The molecule has 1 aliphatic carbocycles. The maximum atomic E-state index is 12.4. The summed E-state index contributed by atoms with van der Waals surface area (Å²) in [6.45, 7) is 1.56.